The zero-order chi connectivity index (χ0) is 20.7. The van der Waals surface area contributed by atoms with Crippen molar-refractivity contribution in [3.8, 4) is 11.1 Å². The molecule has 1 aliphatic carbocycles. The number of rotatable bonds is 2. The normalized spacial score (nSPS) is 19.8. The number of nitrogens with one attached hydrogen (secondary N) is 2. The summed E-state index contributed by atoms with van der Waals surface area (Å²) in [5.74, 6) is 0.228. The lowest BCUT2D eigenvalue weighted by Gasteiger charge is -2.34. The van der Waals surface area contributed by atoms with Crippen LogP contribution in [0.4, 0.5) is 11.4 Å². The molecule has 30 heavy (non-hydrogen) atoms. The predicted octanol–water partition coefficient (Wildman–Crippen LogP) is 6.58. The molecule has 1 atom stereocenters. The van der Waals surface area contributed by atoms with Crippen LogP contribution in [0.2, 0.25) is 0 Å². The first-order valence-electron chi connectivity index (χ1n) is 10.5. The van der Waals surface area contributed by atoms with Crippen LogP contribution < -0.4 is 10.6 Å². The number of anilines is 2. The molecular formula is C27H26N2O. The van der Waals surface area contributed by atoms with Crippen molar-refractivity contribution >= 4 is 17.2 Å². The van der Waals surface area contributed by atoms with E-state index >= 15 is 0 Å². The van der Waals surface area contributed by atoms with Gasteiger partial charge >= 0.3 is 0 Å². The second kappa shape index (κ2) is 7.17. The van der Waals surface area contributed by atoms with Gasteiger partial charge < -0.3 is 10.6 Å². The number of Topliss-reactive ketones (excluding diaryl/α,β-unsaturated/α-hetero) is 1. The van der Waals surface area contributed by atoms with Crippen LogP contribution in [0.5, 0.6) is 0 Å². The zero-order valence-electron chi connectivity index (χ0n) is 17.4. The summed E-state index contributed by atoms with van der Waals surface area (Å²) in [6.07, 6.45) is 1.44. The molecule has 150 valence electrons. The third-order valence-corrected chi connectivity index (χ3v) is 6.07. The van der Waals surface area contributed by atoms with E-state index < -0.39 is 0 Å². The Morgan fingerprint density at radius 2 is 1.40 bits per heavy atom. The predicted molar refractivity (Wildman–Crippen MR) is 123 cm³/mol. The number of carbonyl (C=O) groups is 1. The average Bonchev–Trinajstić information content (AvgIpc) is 2.90. The summed E-state index contributed by atoms with van der Waals surface area (Å²) < 4.78 is 0. The van der Waals surface area contributed by atoms with Gasteiger partial charge in [0, 0.05) is 17.7 Å². The molecular weight excluding hydrogens is 368 g/mol. The molecule has 3 aromatic carbocycles. The van der Waals surface area contributed by atoms with E-state index in [4.69, 9.17) is 0 Å². The summed E-state index contributed by atoms with van der Waals surface area (Å²) >= 11 is 0. The average molecular weight is 395 g/mol. The summed E-state index contributed by atoms with van der Waals surface area (Å²) in [6.45, 7) is 4.34. The number of para-hydroxylation sites is 2. The standard InChI is InChI=1S/C27H26N2O/c1-27(2)16-23-25(24(30)17-27)26(29-22-11-7-6-10-21(22)28-23)20-14-12-19(13-15-20)18-8-4-3-5-9-18/h3-15,26,28-29H,16-17H2,1-2H3/t26-/m0/s1. The third-order valence-electron chi connectivity index (χ3n) is 6.07. The Hall–Kier alpha value is -3.33. The van der Waals surface area contributed by atoms with Crippen LogP contribution in [0.25, 0.3) is 11.1 Å². The van der Waals surface area contributed by atoms with Gasteiger partial charge in [-0.25, -0.2) is 0 Å². The van der Waals surface area contributed by atoms with Gasteiger partial charge in [0.25, 0.3) is 0 Å². The van der Waals surface area contributed by atoms with Gasteiger partial charge in [-0.3, -0.25) is 4.79 Å². The van der Waals surface area contributed by atoms with E-state index in [1.165, 1.54) is 11.1 Å². The lowest BCUT2D eigenvalue weighted by Crippen LogP contribution is -2.31. The highest BCUT2D eigenvalue weighted by molar-refractivity contribution is 6.01. The van der Waals surface area contributed by atoms with Crippen molar-refractivity contribution in [2.24, 2.45) is 5.41 Å². The van der Waals surface area contributed by atoms with E-state index in [2.05, 4.69) is 85.1 Å². The SMILES string of the molecule is CC1(C)CC(=O)C2=C(C1)Nc1ccccc1N[C@H]2c1ccc(-c2ccccc2)cc1. The molecule has 0 fully saturated rings. The molecule has 0 amide bonds. The van der Waals surface area contributed by atoms with Crippen LogP contribution in [0.15, 0.2) is 90.1 Å². The van der Waals surface area contributed by atoms with Crippen LogP contribution in [-0.2, 0) is 4.79 Å². The fraction of sp³-hybridized carbons (Fsp3) is 0.222. The number of fused-ring (bicyclic) bond motifs is 1. The van der Waals surface area contributed by atoms with E-state index in [0.717, 1.165) is 34.6 Å². The molecule has 1 aliphatic heterocycles. The summed E-state index contributed by atoms with van der Waals surface area (Å²) in [6, 6.07) is 27.0. The van der Waals surface area contributed by atoms with Crippen LogP contribution in [0.3, 0.4) is 0 Å². The first-order chi connectivity index (χ1) is 14.5. The number of benzene rings is 3. The monoisotopic (exact) mass is 394 g/mol. The van der Waals surface area contributed by atoms with Crippen molar-refractivity contribution in [2.45, 2.75) is 32.7 Å². The fourth-order valence-electron chi connectivity index (χ4n) is 4.64. The molecule has 0 spiro atoms. The summed E-state index contributed by atoms with van der Waals surface area (Å²) in [5.41, 5.74) is 7.41. The van der Waals surface area contributed by atoms with Crippen LogP contribution >= 0.6 is 0 Å². The van der Waals surface area contributed by atoms with Crippen LogP contribution in [-0.4, -0.2) is 5.78 Å². The molecule has 1 heterocycles. The highest BCUT2D eigenvalue weighted by atomic mass is 16.1. The number of hydrogen-bond acceptors (Lipinski definition) is 3. The van der Waals surface area contributed by atoms with Crippen molar-refractivity contribution in [1.29, 1.82) is 0 Å². The topological polar surface area (TPSA) is 41.1 Å². The maximum Gasteiger partial charge on any atom is 0.163 e. The Morgan fingerprint density at radius 1 is 0.767 bits per heavy atom. The molecule has 0 unspecified atom stereocenters. The summed E-state index contributed by atoms with van der Waals surface area (Å²) in [4.78, 5) is 13.3. The van der Waals surface area contributed by atoms with E-state index in [1.54, 1.807) is 0 Å². The Labute approximate surface area is 177 Å². The molecule has 2 aliphatic rings. The largest absolute Gasteiger partial charge is 0.372 e. The number of ketones is 1. The van der Waals surface area contributed by atoms with Crippen LogP contribution in [0, 0.1) is 5.41 Å². The summed E-state index contributed by atoms with van der Waals surface area (Å²) in [7, 11) is 0. The number of hydrogen-bond donors (Lipinski definition) is 2. The molecule has 3 nitrogen and oxygen atoms in total. The molecule has 2 N–H and O–H groups in total. The lowest BCUT2D eigenvalue weighted by molar-refractivity contribution is -0.118. The van der Waals surface area contributed by atoms with E-state index in [0.29, 0.717) is 6.42 Å². The van der Waals surface area contributed by atoms with Gasteiger partial charge in [-0.05, 0) is 40.7 Å². The smallest absolute Gasteiger partial charge is 0.163 e. The lowest BCUT2D eigenvalue weighted by atomic mass is 9.73. The van der Waals surface area contributed by atoms with Gasteiger partial charge in [0.05, 0.1) is 17.4 Å². The van der Waals surface area contributed by atoms with Crippen LogP contribution in [0.1, 0.15) is 38.3 Å². The van der Waals surface area contributed by atoms with Crippen molar-refractivity contribution in [3.05, 3.63) is 95.7 Å². The second-order valence-corrected chi connectivity index (χ2v) is 9.07. The minimum Gasteiger partial charge on any atom is -0.372 e. The van der Waals surface area contributed by atoms with E-state index in [1.807, 2.05) is 18.2 Å². The molecule has 0 saturated carbocycles. The second-order valence-electron chi connectivity index (χ2n) is 9.07. The Bertz CT molecular complexity index is 1130. The van der Waals surface area contributed by atoms with Crippen molar-refractivity contribution in [3.63, 3.8) is 0 Å². The van der Waals surface area contributed by atoms with E-state index in [9.17, 15) is 4.79 Å². The van der Waals surface area contributed by atoms with Crippen molar-refractivity contribution in [2.75, 3.05) is 10.6 Å². The minimum absolute atomic E-state index is 0.0378. The zero-order valence-corrected chi connectivity index (χ0v) is 17.4. The molecule has 0 radical (unpaired) electrons. The molecule has 0 aromatic heterocycles. The van der Waals surface area contributed by atoms with Gasteiger partial charge in [-0.2, -0.15) is 0 Å². The summed E-state index contributed by atoms with van der Waals surface area (Å²) in [5, 5.41) is 7.23. The Kier molecular flexibility index (Phi) is 4.47. The molecule has 5 rings (SSSR count). The quantitative estimate of drug-likeness (QED) is 0.516. The number of carbonyl (C=O) groups excluding carboxylic acids is 1. The molecule has 0 saturated heterocycles. The third kappa shape index (κ3) is 3.41. The van der Waals surface area contributed by atoms with Gasteiger partial charge in [0.1, 0.15) is 0 Å². The van der Waals surface area contributed by atoms with Gasteiger partial charge in [-0.1, -0.05) is 80.6 Å². The van der Waals surface area contributed by atoms with Gasteiger partial charge in [-0.15, -0.1) is 0 Å². The van der Waals surface area contributed by atoms with Gasteiger partial charge in [0.2, 0.25) is 0 Å². The van der Waals surface area contributed by atoms with Gasteiger partial charge in [0.15, 0.2) is 5.78 Å². The van der Waals surface area contributed by atoms with E-state index in [-0.39, 0.29) is 17.2 Å². The maximum absolute atomic E-state index is 13.3. The Morgan fingerprint density at radius 3 is 2.13 bits per heavy atom. The highest BCUT2D eigenvalue weighted by Gasteiger charge is 2.38. The maximum atomic E-state index is 13.3. The molecule has 3 heteroatoms. The molecule has 3 aromatic rings. The Balaban J connectivity index is 1.59. The fourth-order valence-corrected chi connectivity index (χ4v) is 4.64. The van der Waals surface area contributed by atoms with Crippen molar-refractivity contribution in [1.82, 2.24) is 0 Å². The first-order valence-corrected chi connectivity index (χ1v) is 10.5. The molecule has 0 bridgehead atoms. The highest BCUT2D eigenvalue weighted by Crippen LogP contribution is 2.45. The van der Waals surface area contributed by atoms with Crippen molar-refractivity contribution < 1.29 is 4.79 Å². The number of allylic oxidation sites excluding steroid dienone is 1. The minimum atomic E-state index is -0.162. The first kappa shape index (κ1) is 18.7.